The van der Waals surface area contributed by atoms with E-state index in [0.29, 0.717) is 11.3 Å². The molecule has 1 atom stereocenters. The van der Waals surface area contributed by atoms with Gasteiger partial charge in [0.25, 0.3) is 5.91 Å². The number of hydrogen-bond acceptors (Lipinski definition) is 6. The molecule has 0 aliphatic carbocycles. The van der Waals surface area contributed by atoms with Crippen molar-refractivity contribution in [2.75, 3.05) is 23.0 Å². The van der Waals surface area contributed by atoms with Crippen LogP contribution in [0.15, 0.2) is 60.7 Å². The Kier molecular flexibility index (Phi) is 7.42. The van der Waals surface area contributed by atoms with Crippen molar-refractivity contribution in [3.05, 3.63) is 66.2 Å². The molecule has 2 aromatic rings. The summed E-state index contributed by atoms with van der Waals surface area (Å²) >= 11 is 0. The first-order valence-corrected chi connectivity index (χ1v) is 11.6. The van der Waals surface area contributed by atoms with Crippen LogP contribution in [0.5, 0.6) is 5.75 Å². The van der Waals surface area contributed by atoms with Gasteiger partial charge in [-0.25, -0.2) is 13.2 Å². The van der Waals surface area contributed by atoms with Crippen LogP contribution < -0.4 is 9.64 Å². The van der Waals surface area contributed by atoms with Gasteiger partial charge in [-0.1, -0.05) is 30.3 Å². The topological polar surface area (TPSA) is 90.0 Å². The highest BCUT2D eigenvalue weighted by molar-refractivity contribution is 7.91. The molecule has 1 amide bonds. The maximum Gasteiger partial charge on any atom is 0.573 e. The number of rotatable bonds is 7. The minimum Gasteiger partial charge on any atom is -0.452 e. The number of carbonyl (C=O) groups excluding carboxylic acids is 2. The van der Waals surface area contributed by atoms with Gasteiger partial charge in [0.05, 0.1) is 17.5 Å². The lowest BCUT2D eigenvalue weighted by atomic mass is 10.2. The second-order valence-corrected chi connectivity index (χ2v) is 9.44. The van der Waals surface area contributed by atoms with Crippen molar-refractivity contribution in [3.63, 3.8) is 0 Å². The minimum absolute atomic E-state index is 0.0242. The second kappa shape index (κ2) is 10.1. The average Bonchev–Trinajstić information content (AvgIpc) is 3.10. The Morgan fingerprint density at radius 1 is 1.06 bits per heavy atom. The van der Waals surface area contributed by atoms with E-state index in [4.69, 9.17) is 4.74 Å². The number of halogens is 3. The fraction of sp³-hybridized carbons (Fsp3) is 0.273. The highest BCUT2D eigenvalue weighted by Gasteiger charge is 2.35. The molecule has 3 rings (SSSR count). The molecule has 0 radical (unpaired) electrons. The van der Waals surface area contributed by atoms with E-state index in [2.05, 4.69) is 4.74 Å². The molecule has 33 heavy (non-hydrogen) atoms. The summed E-state index contributed by atoms with van der Waals surface area (Å²) in [6, 6.07) is 12.7. The number of para-hydroxylation sites is 1. The van der Waals surface area contributed by atoms with Crippen molar-refractivity contribution in [1.82, 2.24) is 0 Å². The first-order valence-electron chi connectivity index (χ1n) is 9.81. The Hall–Kier alpha value is -3.34. The summed E-state index contributed by atoms with van der Waals surface area (Å²) in [5, 5.41) is 0. The van der Waals surface area contributed by atoms with E-state index in [1.54, 1.807) is 30.3 Å². The fourth-order valence-corrected chi connectivity index (χ4v) is 5.02. The zero-order chi connectivity index (χ0) is 24.1. The third-order valence-corrected chi connectivity index (χ3v) is 6.49. The number of benzene rings is 2. The van der Waals surface area contributed by atoms with E-state index in [1.807, 2.05) is 0 Å². The second-order valence-electron chi connectivity index (χ2n) is 7.21. The number of anilines is 1. The Bertz CT molecular complexity index is 1120. The summed E-state index contributed by atoms with van der Waals surface area (Å²) in [4.78, 5) is 26.1. The molecule has 2 aromatic carbocycles. The van der Waals surface area contributed by atoms with E-state index < -0.39 is 46.5 Å². The number of esters is 1. The summed E-state index contributed by atoms with van der Waals surface area (Å²) in [5.41, 5.74) is 0.909. The van der Waals surface area contributed by atoms with Gasteiger partial charge in [0.15, 0.2) is 16.4 Å². The van der Waals surface area contributed by atoms with E-state index in [0.717, 1.165) is 18.2 Å². The van der Waals surface area contributed by atoms with E-state index in [-0.39, 0.29) is 17.9 Å². The number of sulfone groups is 1. The molecule has 0 N–H and O–H groups in total. The lowest BCUT2D eigenvalue weighted by Crippen LogP contribution is -2.43. The summed E-state index contributed by atoms with van der Waals surface area (Å²) in [6.07, 6.45) is -2.18. The fourth-order valence-electron chi connectivity index (χ4n) is 3.32. The van der Waals surface area contributed by atoms with Crippen molar-refractivity contribution in [1.29, 1.82) is 0 Å². The van der Waals surface area contributed by atoms with E-state index in [1.165, 1.54) is 23.1 Å². The van der Waals surface area contributed by atoms with Crippen LogP contribution in [0.4, 0.5) is 18.9 Å². The minimum atomic E-state index is -4.80. The Labute approximate surface area is 188 Å². The molecule has 0 spiro atoms. The highest BCUT2D eigenvalue weighted by atomic mass is 32.2. The molecular weight excluding hydrogens is 463 g/mol. The number of carbonyl (C=O) groups is 2. The summed E-state index contributed by atoms with van der Waals surface area (Å²) in [6.45, 7) is -0.604. The molecule has 1 unspecified atom stereocenters. The number of hydrogen-bond donors (Lipinski definition) is 0. The Morgan fingerprint density at radius 2 is 1.73 bits per heavy atom. The van der Waals surface area contributed by atoms with Crippen molar-refractivity contribution < 1.29 is 40.7 Å². The standard InChI is InChI=1S/C22H20F3NO6S/c23-22(24,25)32-19-9-6-16(7-10-19)8-11-21(28)31-14-20(27)26(17-4-2-1-3-5-17)18-12-13-33(29,30)15-18/h1-11,18H,12-15H2/b11-8+. The molecule has 176 valence electrons. The van der Waals surface area contributed by atoms with Crippen LogP contribution in [0.2, 0.25) is 0 Å². The Balaban J connectivity index is 1.60. The molecule has 1 heterocycles. The van der Waals surface area contributed by atoms with Crippen LogP contribution in [-0.2, 0) is 24.2 Å². The first-order chi connectivity index (χ1) is 15.5. The Morgan fingerprint density at radius 3 is 2.30 bits per heavy atom. The first kappa shape index (κ1) is 24.3. The molecule has 1 aliphatic rings. The lowest BCUT2D eigenvalue weighted by Gasteiger charge is -2.28. The van der Waals surface area contributed by atoms with Crippen LogP contribution in [0.3, 0.4) is 0 Å². The SMILES string of the molecule is O=C(/C=C/c1ccc(OC(F)(F)F)cc1)OCC(=O)N(c1ccccc1)C1CCS(=O)(=O)C1. The number of nitrogens with zero attached hydrogens (tertiary/aromatic N) is 1. The van der Waals surface area contributed by atoms with Crippen LogP contribution in [0.25, 0.3) is 6.08 Å². The van der Waals surface area contributed by atoms with Crippen LogP contribution >= 0.6 is 0 Å². The molecule has 11 heteroatoms. The van der Waals surface area contributed by atoms with Crippen LogP contribution in [0, 0.1) is 0 Å². The van der Waals surface area contributed by atoms with Crippen molar-refractivity contribution in [2.24, 2.45) is 0 Å². The van der Waals surface area contributed by atoms with Gasteiger partial charge in [0, 0.05) is 11.8 Å². The zero-order valence-electron chi connectivity index (χ0n) is 17.2. The quantitative estimate of drug-likeness (QED) is 0.443. The highest BCUT2D eigenvalue weighted by Crippen LogP contribution is 2.25. The smallest absolute Gasteiger partial charge is 0.452 e. The zero-order valence-corrected chi connectivity index (χ0v) is 18.0. The maximum absolute atomic E-state index is 12.8. The molecule has 1 fully saturated rings. The predicted octanol–water partition coefficient (Wildman–Crippen LogP) is 3.36. The number of ether oxygens (including phenoxy) is 2. The van der Waals surface area contributed by atoms with Gasteiger partial charge in [-0.2, -0.15) is 0 Å². The van der Waals surface area contributed by atoms with Gasteiger partial charge in [0.1, 0.15) is 5.75 Å². The van der Waals surface area contributed by atoms with E-state index >= 15 is 0 Å². The molecule has 1 saturated heterocycles. The van der Waals surface area contributed by atoms with Gasteiger partial charge in [-0.15, -0.1) is 13.2 Å². The lowest BCUT2D eigenvalue weighted by molar-refractivity contribution is -0.274. The monoisotopic (exact) mass is 483 g/mol. The largest absolute Gasteiger partial charge is 0.573 e. The van der Waals surface area contributed by atoms with Crippen LogP contribution in [0.1, 0.15) is 12.0 Å². The molecule has 0 bridgehead atoms. The molecular formula is C22H20F3NO6S. The molecule has 7 nitrogen and oxygen atoms in total. The van der Waals surface area contributed by atoms with Gasteiger partial charge in [0.2, 0.25) is 0 Å². The summed E-state index contributed by atoms with van der Waals surface area (Å²) in [7, 11) is -3.25. The van der Waals surface area contributed by atoms with Gasteiger partial charge in [-0.3, -0.25) is 4.79 Å². The number of amides is 1. The molecule has 0 saturated carbocycles. The predicted molar refractivity (Wildman–Crippen MR) is 114 cm³/mol. The van der Waals surface area contributed by atoms with Gasteiger partial charge >= 0.3 is 12.3 Å². The van der Waals surface area contributed by atoms with Crippen molar-refractivity contribution >= 4 is 33.5 Å². The van der Waals surface area contributed by atoms with Gasteiger partial charge in [-0.05, 0) is 42.3 Å². The van der Waals surface area contributed by atoms with Gasteiger partial charge < -0.3 is 14.4 Å². The van der Waals surface area contributed by atoms with Crippen molar-refractivity contribution in [3.8, 4) is 5.75 Å². The molecule has 0 aromatic heterocycles. The summed E-state index contributed by atoms with van der Waals surface area (Å²) < 4.78 is 69.1. The average molecular weight is 483 g/mol. The normalized spacial score (nSPS) is 17.6. The van der Waals surface area contributed by atoms with E-state index in [9.17, 15) is 31.2 Å². The van der Waals surface area contributed by atoms with Crippen molar-refractivity contribution in [2.45, 2.75) is 18.8 Å². The third kappa shape index (κ3) is 7.35. The summed E-state index contributed by atoms with van der Waals surface area (Å²) in [5.74, 6) is -2.01. The number of alkyl halides is 3. The maximum atomic E-state index is 12.8. The molecule has 1 aliphatic heterocycles. The third-order valence-electron chi connectivity index (χ3n) is 4.74. The van der Waals surface area contributed by atoms with Crippen LogP contribution in [-0.4, -0.2) is 50.8 Å².